The van der Waals surface area contributed by atoms with Crippen LogP contribution in [0.5, 0.6) is 5.75 Å². The third-order valence-electron chi connectivity index (χ3n) is 6.25. The van der Waals surface area contributed by atoms with E-state index >= 15 is 0 Å². The number of amides is 3. The van der Waals surface area contributed by atoms with Crippen LogP contribution in [0, 0.1) is 11.8 Å². The number of nitrogens with one attached hydrogen (secondary N) is 1. The molecule has 2 aliphatic heterocycles. The normalized spacial score (nSPS) is 23.5. The van der Waals surface area contributed by atoms with Gasteiger partial charge in [0.25, 0.3) is 5.91 Å². The van der Waals surface area contributed by atoms with Crippen molar-refractivity contribution in [2.75, 3.05) is 20.2 Å². The number of likely N-dealkylation sites (tertiary alicyclic amines) is 2. The lowest BCUT2D eigenvalue weighted by Gasteiger charge is -2.42. The third kappa shape index (κ3) is 2.82. The second kappa shape index (κ2) is 7.12. The molecule has 2 saturated heterocycles. The van der Waals surface area contributed by atoms with Crippen molar-refractivity contribution in [2.24, 2.45) is 11.8 Å². The number of carbonyl (C=O) groups excluding carboxylic acids is 3. The zero-order valence-electron chi connectivity index (χ0n) is 16.6. The summed E-state index contributed by atoms with van der Waals surface area (Å²) in [5.74, 6) is -0.170. The highest BCUT2D eigenvalue weighted by atomic mass is 16.5. The summed E-state index contributed by atoms with van der Waals surface area (Å²) in [6, 6.07) is 8.92. The number of fused-ring (bicyclic) bond motifs is 1. The van der Waals surface area contributed by atoms with Gasteiger partial charge in [0, 0.05) is 18.7 Å². The minimum Gasteiger partial charge on any atom is -0.496 e. The van der Waals surface area contributed by atoms with Gasteiger partial charge < -0.3 is 9.64 Å². The molecular formula is C22H22N4O4. The smallest absolute Gasteiger partial charge is 0.272 e. The van der Waals surface area contributed by atoms with Gasteiger partial charge in [-0.25, -0.2) is 0 Å². The van der Waals surface area contributed by atoms with Crippen LogP contribution in [0.2, 0.25) is 0 Å². The molecule has 8 nitrogen and oxygen atoms in total. The van der Waals surface area contributed by atoms with Crippen LogP contribution in [0.3, 0.4) is 0 Å². The molecule has 1 aromatic heterocycles. The van der Waals surface area contributed by atoms with Crippen LogP contribution in [0.4, 0.5) is 0 Å². The topological polar surface area (TPSA) is 95.6 Å². The molecular weight excluding hydrogens is 384 g/mol. The van der Waals surface area contributed by atoms with Gasteiger partial charge in [-0.1, -0.05) is 24.3 Å². The second-order valence-electron chi connectivity index (χ2n) is 7.93. The van der Waals surface area contributed by atoms with Crippen molar-refractivity contribution in [1.82, 2.24) is 20.0 Å². The number of para-hydroxylation sites is 1. The highest BCUT2D eigenvalue weighted by Crippen LogP contribution is 2.37. The quantitative estimate of drug-likeness (QED) is 0.618. The molecule has 154 valence electrons. The van der Waals surface area contributed by atoms with E-state index in [0.29, 0.717) is 43.1 Å². The molecule has 30 heavy (non-hydrogen) atoms. The second-order valence-corrected chi connectivity index (χ2v) is 7.93. The summed E-state index contributed by atoms with van der Waals surface area (Å²) >= 11 is 0. The molecule has 1 N–H and O–H groups in total. The number of aromatic amines is 1. The summed E-state index contributed by atoms with van der Waals surface area (Å²) in [4.78, 5) is 41.2. The van der Waals surface area contributed by atoms with Crippen molar-refractivity contribution in [2.45, 2.75) is 18.9 Å². The lowest BCUT2D eigenvalue weighted by Crippen LogP contribution is -2.62. The molecule has 2 aromatic rings. The lowest BCUT2D eigenvalue weighted by atomic mass is 9.85. The predicted octanol–water partition coefficient (Wildman–Crippen LogP) is 1.86. The van der Waals surface area contributed by atoms with Gasteiger partial charge in [0.15, 0.2) is 0 Å². The maximum Gasteiger partial charge on any atom is 0.272 e. The number of H-pyrrole nitrogens is 1. The number of methoxy groups -OCH3 is 1. The number of imide groups is 1. The van der Waals surface area contributed by atoms with Crippen molar-refractivity contribution in [3.05, 3.63) is 48.2 Å². The summed E-state index contributed by atoms with van der Waals surface area (Å²) in [5, 5.41) is 7.04. The Morgan fingerprint density at radius 3 is 2.43 bits per heavy atom. The van der Waals surface area contributed by atoms with Crippen LogP contribution in [-0.2, 0) is 9.59 Å². The number of hydrogen-bond acceptors (Lipinski definition) is 5. The Morgan fingerprint density at radius 2 is 1.77 bits per heavy atom. The number of allylic oxidation sites excluding steroid dienone is 2. The fraction of sp³-hybridized carbons (Fsp3) is 0.364. The Labute approximate surface area is 173 Å². The van der Waals surface area contributed by atoms with E-state index in [1.807, 2.05) is 36.4 Å². The van der Waals surface area contributed by atoms with E-state index in [1.165, 1.54) is 4.90 Å². The van der Waals surface area contributed by atoms with Crippen LogP contribution < -0.4 is 4.74 Å². The molecule has 1 aliphatic carbocycles. The summed E-state index contributed by atoms with van der Waals surface area (Å²) in [6.07, 6.45) is 5.20. The van der Waals surface area contributed by atoms with Crippen molar-refractivity contribution >= 4 is 17.7 Å². The first-order valence-electron chi connectivity index (χ1n) is 10.1. The number of hydrogen-bond donors (Lipinski definition) is 1. The van der Waals surface area contributed by atoms with Gasteiger partial charge in [0.2, 0.25) is 11.8 Å². The maximum atomic E-state index is 12.8. The molecule has 3 amide bonds. The first-order chi connectivity index (χ1) is 14.6. The van der Waals surface area contributed by atoms with Gasteiger partial charge in [0.1, 0.15) is 11.4 Å². The van der Waals surface area contributed by atoms with Gasteiger partial charge in [-0.3, -0.25) is 24.4 Å². The van der Waals surface area contributed by atoms with E-state index in [4.69, 9.17) is 4.74 Å². The first kappa shape index (κ1) is 18.6. The van der Waals surface area contributed by atoms with Crippen LogP contribution >= 0.6 is 0 Å². The van der Waals surface area contributed by atoms with Crippen molar-refractivity contribution < 1.29 is 19.1 Å². The average molecular weight is 406 g/mol. The maximum absolute atomic E-state index is 12.8. The van der Waals surface area contributed by atoms with Gasteiger partial charge in [-0.2, -0.15) is 5.10 Å². The lowest BCUT2D eigenvalue weighted by molar-refractivity contribution is -0.145. The summed E-state index contributed by atoms with van der Waals surface area (Å²) in [6.45, 7) is 0.707. The van der Waals surface area contributed by atoms with Crippen LogP contribution in [0.25, 0.3) is 11.3 Å². The molecule has 0 radical (unpaired) electrons. The molecule has 3 heterocycles. The Morgan fingerprint density at radius 1 is 1.10 bits per heavy atom. The van der Waals surface area contributed by atoms with Gasteiger partial charge in [0.05, 0.1) is 30.7 Å². The van der Waals surface area contributed by atoms with E-state index < -0.39 is 0 Å². The summed E-state index contributed by atoms with van der Waals surface area (Å²) in [7, 11) is 1.59. The van der Waals surface area contributed by atoms with Crippen LogP contribution in [0.1, 0.15) is 23.3 Å². The monoisotopic (exact) mass is 406 g/mol. The van der Waals surface area contributed by atoms with E-state index in [2.05, 4.69) is 10.2 Å². The SMILES string of the molecule is COc1ccccc1-c1cc(C(=O)N2CC(N3C(=O)[C@@H]4CC=CC[C@H]4C3=O)C2)[nH]n1. The molecule has 0 spiro atoms. The highest BCUT2D eigenvalue weighted by molar-refractivity contribution is 6.06. The van der Waals surface area contributed by atoms with Crippen molar-refractivity contribution in [3.8, 4) is 17.0 Å². The van der Waals surface area contributed by atoms with Crippen LogP contribution in [0.15, 0.2) is 42.5 Å². The molecule has 0 saturated carbocycles. The molecule has 0 bridgehead atoms. The number of aromatic nitrogens is 2. The fourth-order valence-electron chi connectivity index (χ4n) is 4.57. The van der Waals surface area contributed by atoms with Gasteiger partial charge in [-0.15, -0.1) is 0 Å². The van der Waals surface area contributed by atoms with Gasteiger partial charge >= 0.3 is 0 Å². The van der Waals surface area contributed by atoms with Crippen LogP contribution in [-0.4, -0.2) is 64.0 Å². The zero-order valence-corrected chi connectivity index (χ0v) is 16.6. The number of rotatable bonds is 4. The minimum atomic E-state index is -0.240. The average Bonchev–Trinajstić information content (AvgIpc) is 3.33. The van der Waals surface area contributed by atoms with E-state index in [-0.39, 0.29) is 35.6 Å². The molecule has 1 aromatic carbocycles. The van der Waals surface area contributed by atoms with Crippen molar-refractivity contribution in [3.63, 3.8) is 0 Å². The molecule has 0 unspecified atom stereocenters. The molecule has 2 fully saturated rings. The summed E-state index contributed by atoms with van der Waals surface area (Å²) < 4.78 is 5.36. The Hall–Kier alpha value is -3.42. The fourth-order valence-corrected chi connectivity index (χ4v) is 4.57. The molecule has 8 heteroatoms. The largest absolute Gasteiger partial charge is 0.496 e. The van der Waals surface area contributed by atoms with E-state index in [9.17, 15) is 14.4 Å². The minimum absolute atomic E-state index is 0.0913. The standard InChI is InChI=1S/C22H22N4O4/c1-30-19-9-5-4-8-16(19)17-10-18(24-23-17)22(29)25-11-13(12-25)26-20(27)14-6-2-3-7-15(14)21(26)28/h2-5,8-10,13-15H,6-7,11-12H2,1H3,(H,23,24)/t14-,15-/m1/s1. The number of carbonyl (C=O) groups is 3. The number of benzene rings is 1. The van der Waals surface area contributed by atoms with E-state index in [0.717, 1.165) is 5.56 Å². The van der Waals surface area contributed by atoms with Gasteiger partial charge in [-0.05, 0) is 31.0 Å². The summed E-state index contributed by atoms with van der Waals surface area (Å²) in [5.41, 5.74) is 1.78. The molecule has 2 atom stereocenters. The first-order valence-corrected chi connectivity index (χ1v) is 10.1. The number of nitrogens with zero attached hydrogens (tertiary/aromatic N) is 3. The zero-order chi connectivity index (χ0) is 20.8. The third-order valence-corrected chi connectivity index (χ3v) is 6.25. The Kier molecular flexibility index (Phi) is 4.42. The predicted molar refractivity (Wildman–Crippen MR) is 107 cm³/mol. The Bertz CT molecular complexity index is 1030. The highest BCUT2D eigenvalue weighted by Gasteiger charge is 2.52. The Balaban J connectivity index is 1.26. The molecule has 5 rings (SSSR count). The molecule has 3 aliphatic rings. The van der Waals surface area contributed by atoms with Crippen molar-refractivity contribution in [1.29, 1.82) is 0 Å². The van der Waals surface area contributed by atoms with E-state index in [1.54, 1.807) is 18.1 Å². The number of ether oxygens (including phenoxy) is 1.